The summed E-state index contributed by atoms with van der Waals surface area (Å²) in [7, 11) is 0. The minimum Gasteiger partial charge on any atom is -0.506 e. The van der Waals surface area contributed by atoms with Crippen molar-refractivity contribution in [1.29, 1.82) is 0 Å². The third kappa shape index (κ3) is 2.35. The molecule has 0 bridgehead atoms. The molecule has 0 saturated carbocycles. The average Bonchev–Trinajstić information content (AvgIpc) is 2.54. The minimum atomic E-state index is -0.467. The van der Waals surface area contributed by atoms with Gasteiger partial charge in [0.1, 0.15) is 34.5 Å². The van der Waals surface area contributed by atoms with Crippen LogP contribution < -0.4 is 9.47 Å². The number of ketones is 1. The molecule has 122 valence electrons. The van der Waals surface area contributed by atoms with Crippen molar-refractivity contribution < 1.29 is 19.4 Å². The van der Waals surface area contributed by atoms with Gasteiger partial charge in [0.25, 0.3) is 0 Å². The monoisotopic (exact) mass is 322 g/mol. The molecular weight excluding hydrogens is 304 g/mol. The summed E-state index contributed by atoms with van der Waals surface area (Å²) in [5, 5.41) is 10.5. The van der Waals surface area contributed by atoms with Crippen LogP contribution in [0.3, 0.4) is 0 Å². The number of carbonyl (C=O) groups is 1. The zero-order chi connectivity index (χ0) is 16.9. The third-order valence-electron chi connectivity index (χ3n) is 4.38. The highest BCUT2D eigenvalue weighted by atomic mass is 16.5. The Morgan fingerprint density at radius 3 is 2.67 bits per heavy atom. The fourth-order valence-electron chi connectivity index (χ4n) is 3.17. The van der Waals surface area contributed by atoms with Gasteiger partial charge in [-0.2, -0.15) is 0 Å². The molecule has 0 radical (unpaired) electrons. The Hall–Kier alpha value is -2.75. The molecule has 1 N–H and O–H groups in total. The number of hydrogen-bond donors (Lipinski definition) is 1. The molecule has 4 nitrogen and oxygen atoms in total. The molecule has 4 heteroatoms. The molecule has 1 atom stereocenters. The molecule has 24 heavy (non-hydrogen) atoms. The quantitative estimate of drug-likeness (QED) is 0.851. The Bertz CT molecular complexity index is 850. The van der Waals surface area contributed by atoms with E-state index in [1.807, 2.05) is 50.3 Å². The molecule has 2 heterocycles. The number of phenols is 1. The molecule has 2 aliphatic heterocycles. The Balaban J connectivity index is 1.79. The van der Waals surface area contributed by atoms with E-state index >= 15 is 0 Å². The van der Waals surface area contributed by atoms with Crippen molar-refractivity contribution in [2.75, 3.05) is 0 Å². The average molecular weight is 322 g/mol. The summed E-state index contributed by atoms with van der Waals surface area (Å²) in [6.45, 7) is 3.86. The molecule has 0 fully saturated rings. The van der Waals surface area contributed by atoms with Crippen molar-refractivity contribution in [3.05, 3.63) is 59.2 Å². The van der Waals surface area contributed by atoms with Crippen LogP contribution in [-0.2, 0) is 0 Å². The molecule has 2 aromatic carbocycles. The van der Waals surface area contributed by atoms with Crippen molar-refractivity contribution >= 4 is 11.9 Å². The van der Waals surface area contributed by atoms with E-state index in [9.17, 15) is 9.90 Å². The van der Waals surface area contributed by atoms with Gasteiger partial charge < -0.3 is 14.6 Å². The highest BCUT2D eigenvalue weighted by Crippen LogP contribution is 2.47. The summed E-state index contributed by atoms with van der Waals surface area (Å²) in [6, 6.07) is 11.3. The first-order chi connectivity index (χ1) is 11.4. The van der Waals surface area contributed by atoms with Crippen LogP contribution in [-0.4, -0.2) is 16.5 Å². The maximum absolute atomic E-state index is 12.6. The molecule has 0 amide bonds. The van der Waals surface area contributed by atoms with Gasteiger partial charge in [-0.25, -0.2) is 0 Å². The standard InChI is InChI=1S/C20H18O4/c1-20(2)9-8-13-16(24-20)11-17-18(19(13)22)14(21)10-15(23-17)12-6-4-3-5-7-12/h3-9,11,15,22H,10H2,1-2H3. The maximum atomic E-state index is 12.6. The van der Waals surface area contributed by atoms with E-state index < -0.39 is 5.60 Å². The summed E-state index contributed by atoms with van der Waals surface area (Å²) in [5.74, 6) is 0.720. The van der Waals surface area contributed by atoms with Crippen molar-refractivity contribution in [3.63, 3.8) is 0 Å². The molecule has 0 saturated heterocycles. The first kappa shape index (κ1) is 14.8. The lowest BCUT2D eigenvalue weighted by atomic mass is 9.92. The molecule has 2 aliphatic rings. The largest absolute Gasteiger partial charge is 0.506 e. The number of carbonyl (C=O) groups excluding carboxylic acids is 1. The van der Waals surface area contributed by atoms with Gasteiger partial charge in [-0.15, -0.1) is 0 Å². The Kier molecular flexibility index (Phi) is 3.17. The number of aromatic hydroxyl groups is 1. The van der Waals surface area contributed by atoms with E-state index in [2.05, 4.69) is 0 Å². The van der Waals surface area contributed by atoms with E-state index in [4.69, 9.17) is 9.47 Å². The second kappa shape index (κ2) is 5.13. The SMILES string of the molecule is CC1(C)C=Cc2c(cc3c(c2O)C(=O)CC(c2ccccc2)O3)O1. The molecule has 2 aromatic rings. The lowest BCUT2D eigenvalue weighted by Gasteiger charge is -2.31. The summed E-state index contributed by atoms with van der Waals surface area (Å²) in [5.41, 5.74) is 1.25. The van der Waals surface area contributed by atoms with Crippen molar-refractivity contribution in [2.24, 2.45) is 0 Å². The first-order valence-corrected chi connectivity index (χ1v) is 7.97. The predicted molar refractivity (Wildman–Crippen MR) is 90.6 cm³/mol. The lowest BCUT2D eigenvalue weighted by Crippen LogP contribution is -2.28. The van der Waals surface area contributed by atoms with Gasteiger partial charge in [-0.3, -0.25) is 4.79 Å². The van der Waals surface area contributed by atoms with Gasteiger partial charge in [-0.05, 0) is 31.6 Å². The molecule has 1 unspecified atom stereocenters. The number of rotatable bonds is 1. The van der Waals surface area contributed by atoms with E-state index in [1.54, 1.807) is 12.1 Å². The Morgan fingerprint density at radius 1 is 1.17 bits per heavy atom. The summed E-state index contributed by atoms with van der Waals surface area (Å²) in [6.07, 6.45) is 3.52. The van der Waals surface area contributed by atoms with Gasteiger partial charge in [-0.1, -0.05) is 30.3 Å². The summed E-state index contributed by atoms with van der Waals surface area (Å²) in [4.78, 5) is 12.6. The third-order valence-corrected chi connectivity index (χ3v) is 4.38. The van der Waals surface area contributed by atoms with Crippen LogP contribution >= 0.6 is 0 Å². The van der Waals surface area contributed by atoms with Gasteiger partial charge >= 0.3 is 0 Å². The molecule has 0 spiro atoms. The number of Topliss-reactive ketones (excluding diaryl/α,β-unsaturated/α-hetero) is 1. The number of ether oxygens (including phenoxy) is 2. The van der Waals surface area contributed by atoms with Crippen LogP contribution in [0.2, 0.25) is 0 Å². The lowest BCUT2D eigenvalue weighted by molar-refractivity contribution is 0.0842. The van der Waals surface area contributed by atoms with Crippen LogP contribution in [0.15, 0.2) is 42.5 Å². The van der Waals surface area contributed by atoms with E-state index in [0.29, 0.717) is 17.1 Å². The fourth-order valence-corrected chi connectivity index (χ4v) is 3.17. The minimum absolute atomic E-state index is 0.0641. The highest BCUT2D eigenvalue weighted by molar-refractivity contribution is 6.04. The normalized spacial score (nSPS) is 20.6. The van der Waals surface area contributed by atoms with Gasteiger partial charge in [0.2, 0.25) is 0 Å². The summed E-state index contributed by atoms with van der Waals surface area (Å²) >= 11 is 0. The van der Waals surface area contributed by atoms with Crippen LogP contribution in [0, 0.1) is 0 Å². The van der Waals surface area contributed by atoms with Crippen LogP contribution in [0.25, 0.3) is 6.08 Å². The van der Waals surface area contributed by atoms with E-state index in [1.165, 1.54) is 0 Å². The zero-order valence-electron chi connectivity index (χ0n) is 13.6. The van der Waals surface area contributed by atoms with Crippen molar-refractivity contribution in [1.82, 2.24) is 0 Å². The van der Waals surface area contributed by atoms with Gasteiger partial charge in [0.15, 0.2) is 5.78 Å². The molecule has 4 rings (SSSR count). The second-order valence-corrected chi connectivity index (χ2v) is 6.69. The second-order valence-electron chi connectivity index (χ2n) is 6.69. The number of hydrogen-bond acceptors (Lipinski definition) is 4. The molecular formula is C20H18O4. The highest BCUT2D eigenvalue weighted by Gasteiger charge is 2.34. The van der Waals surface area contributed by atoms with Crippen molar-refractivity contribution in [3.8, 4) is 17.2 Å². The van der Waals surface area contributed by atoms with Gasteiger partial charge in [0, 0.05) is 6.07 Å². The Morgan fingerprint density at radius 2 is 1.92 bits per heavy atom. The van der Waals surface area contributed by atoms with E-state index in [-0.39, 0.29) is 29.6 Å². The number of phenolic OH excluding ortho intramolecular Hbond substituents is 1. The molecule has 0 aromatic heterocycles. The maximum Gasteiger partial charge on any atom is 0.174 e. The van der Waals surface area contributed by atoms with Crippen LogP contribution in [0.1, 0.15) is 47.9 Å². The Labute approximate surface area is 140 Å². The fraction of sp³-hybridized carbons (Fsp3) is 0.250. The zero-order valence-corrected chi connectivity index (χ0v) is 13.6. The van der Waals surface area contributed by atoms with Gasteiger partial charge in [0.05, 0.1) is 12.0 Å². The predicted octanol–water partition coefficient (Wildman–Crippen LogP) is 4.28. The number of fused-ring (bicyclic) bond motifs is 2. The smallest absolute Gasteiger partial charge is 0.174 e. The van der Waals surface area contributed by atoms with Crippen molar-refractivity contribution in [2.45, 2.75) is 32.0 Å². The molecule has 0 aliphatic carbocycles. The first-order valence-electron chi connectivity index (χ1n) is 7.97. The summed E-state index contributed by atoms with van der Waals surface area (Å²) < 4.78 is 11.9. The number of benzene rings is 2. The van der Waals surface area contributed by atoms with Crippen LogP contribution in [0.5, 0.6) is 17.2 Å². The topological polar surface area (TPSA) is 55.8 Å². The van der Waals surface area contributed by atoms with Crippen LogP contribution in [0.4, 0.5) is 0 Å². The van der Waals surface area contributed by atoms with E-state index in [0.717, 1.165) is 5.56 Å².